The van der Waals surface area contributed by atoms with Crippen LogP contribution < -0.4 is 15.8 Å². The molecule has 2 aromatic heterocycles. The molecule has 260 valence electrons. The maximum absolute atomic E-state index is 13.9. The lowest BCUT2D eigenvalue weighted by molar-refractivity contribution is -0.227. The molecular formula is C28H49F5N6O4SSi. The highest BCUT2D eigenvalue weighted by atomic mass is 32.2. The van der Waals surface area contributed by atoms with E-state index in [1.165, 1.54) is 14.0 Å². The Morgan fingerprint density at radius 2 is 1.73 bits per heavy atom. The van der Waals surface area contributed by atoms with E-state index >= 15 is 0 Å². The Balaban J connectivity index is 2.65. The van der Waals surface area contributed by atoms with Gasteiger partial charge in [-0.25, -0.2) is 27.7 Å². The van der Waals surface area contributed by atoms with Crippen molar-refractivity contribution in [1.82, 2.24) is 24.6 Å². The molecule has 0 radical (unpaired) electrons. The number of nitrogens with one attached hydrogen (secondary N) is 2. The zero-order valence-corrected chi connectivity index (χ0v) is 29.4. The van der Waals surface area contributed by atoms with Crippen molar-refractivity contribution in [1.29, 1.82) is 0 Å². The number of halogens is 5. The summed E-state index contributed by atoms with van der Waals surface area (Å²) in [6, 6.07) is 2.36. The van der Waals surface area contributed by atoms with Crippen LogP contribution in [-0.2, 0) is 31.9 Å². The highest BCUT2D eigenvalue weighted by Crippen LogP contribution is 2.31. The van der Waals surface area contributed by atoms with Gasteiger partial charge in [-0.3, -0.25) is 0 Å². The molecule has 17 heteroatoms. The minimum Gasteiger partial charge on any atom is -0.383 e. The number of imidazole rings is 1. The van der Waals surface area contributed by atoms with E-state index in [9.17, 15) is 26.2 Å². The molecule has 0 fully saturated rings. The van der Waals surface area contributed by atoms with Gasteiger partial charge in [0.25, 0.3) is 5.92 Å². The fourth-order valence-electron chi connectivity index (χ4n) is 4.03. The quantitative estimate of drug-likeness (QED) is 0.113. The first-order valence-corrected chi connectivity index (χ1v) is 19.6. The van der Waals surface area contributed by atoms with Crippen LogP contribution in [0.5, 0.6) is 0 Å². The maximum Gasteiger partial charge on any atom is 0.414 e. The molecule has 0 saturated heterocycles. The Kier molecular flexibility index (Phi) is 14.1. The van der Waals surface area contributed by atoms with E-state index in [0.717, 1.165) is 13.0 Å². The normalized spacial score (nSPS) is 17.0. The minimum atomic E-state index is -4.62. The molecule has 0 aliphatic carbocycles. The van der Waals surface area contributed by atoms with Crippen LogP contribution in [0.4, 0.5) is 22.0 Å². The molecule has 5 atom stereocenters. The summed E-state index contributed by atoms with van der Waals surface area (Å²) in [5, 5.41) is 2.74. The highest BCUT2D eigenvalue weighted by molar-refractivity contribution is 7.84. The monoisotopic (exact) mass is 688 g/mol. The van der Waals surface area contributed by atoms with Gasteiger partial charge in [-0.2, -0.15) is 13.2 Å². The number of nitrogens with two attached hydrogens (primary N) is 1. The van der Waals surface area contributed by atoms with Crippen LogP contribution in [-0.4, -0.2) is 89.3 Å². The van der Waals surface area contributed by atoms with Crippen molar-refractivity contribution in [3.05, 3.63) is 23.7 Å². The molecule has 2 heterocycles. The molecule has 0 saturated carbocycles. The highest BCUT2D eigenvalue weighted by Gasteiger charge is 2.41. The van der Waals surface area contributed by atoms with Crippen LogP contribution in [0, 0.1) is 0 Å². The van der Waals surface area contributed by atoms with Crippen molar-refractivity contribution in [2.75, 3.05) is 33.4 Å². The minimum absolute atomic E-state index is 0.0122. The second kappa shape index (κ2) is 16.0. The van der Waals surface area contributed by atoms with E-state index in [4.69, 9.17) is 19.9 Å². The first-order chi connectivity index (χ1) is 20.6. The van der Waals surface area contributed by atoms with Gasteiger partial charge in [-0.05, 0) is 52.8 Å². The van der Waals surface area contributed by atoms with Crippen LogP contribution in [0.25, 0.3) is 11.2 Å². The number of aromatic nitrogens is 3. The Morgan fingerprint density at radius 3 is 2.27 bits per heavy atom. The third kappa shape index (κ3) is 12.2. The number of hydrogen-bond donors (Lipinski definition) is 3. The first-order valence-electron chi connectivity index (χ1n) is 14.7. The second-order valence-corrected chi connectivity index (χ2v) is 20.9. The Morgan fingerprint density at radius 1 is 1.09 bits per heavy atom. The van der Waals surface area contributed by atoms with Gasteiger partial charge >= 0.3 is 6.18 Å². The van der Waals surface area contributed by atoms with E-state index in [1.54, 1.807) is 37.5 Å². The summed E-state index contributed by atoms with van der Waals surface area (Å²) in [5.74, 6) is -2.95. The van der Waals surface area contributed by atoms with Crippen molar-refractivity contribution in [3.63, 3.8) is 0 Å². The second-order valence-electron chi connectivity index (χ2n) is 13.3. The third-order valence-electron chi connectivity index (χ3n) is 6.89. The van der Waals surface area contributed by atoms with Crippen LogP contribution in [0.3, 0.4) is 0 Å². The lowest BCUT2D eigenvalue weighted by atomic mass is 10.1. The Labute approximate surface area is 265 Å². The maximum atomic E-state index is 13.9. The third-order valence-corrected chi connectivity index (χ3v) is 10.2. The molecule has 0 unspecified atom stereocenters. The number of ether oxygens (including phenoxy) is 3. The first kappa shape index (κ1) is 39.6. The molecule has 0 aliphatic heterocycles. The number of hydrogen-bond acceptors (Lipinski definition) is 8. The van der Waals surface area contributed by atoms with Crippen molar-refractivity contribution >= 4 is 30.2 Å². The van der Waals surface area contributed by atoms with E-state index in [1.807, 2.05) is 0 Å². The van der Waals surface area contributed by atoms with Crippen molar-refractivity contribution in [2.24, 2.45) is 5.73 Å². The van der Waals surface area contributed by atoms with E-state index < -0.39 is 73.3 Å². The molecule has 0 aliphatic rings. The number of fused-ring (bicyclic) bond motifs is 1. The topological polar surface area (TPSA) is 126 Å². The van der Waals surface area contributed by atoms with Crippen LogP contribution in [0.1, 0.15) is 58.2 Å². The molecule has 45 heavy (non-hydrogen) atoms. The summed E-state index contributed by atoms with van der Waals surface area (Å²) in [6.45, 7) is 13.0. The molecular weight excluding hydrogens is 639 g/mol. The Hall–Kier alpha value is -1.60. The molecule has 0 bridgehead atoms. The number of rotatable bonds is 18. The summed E-state index contributed by atoms with van der Waals surface area (Å²) in [5.41, 5.74) is 6.20. The van der Waals surface area contributed by atoms with Crippen molar-refractivity contribution in [2.45, 2.75) is 108 Å². The number of methoxy groups -OCH3 is 1. The fraction of sp³-hybridized carbons (Fsp3) is 0.786. The van der Waals surface area contributed by atoms with E-state index in [-0.39, 0.29) is 24.8 Å². The molecule has 0 amide bonds. The van der Waals surface area contributed by atoms with Crippen LogP contribution in [0.15, 0.2) is 12.1 Å². The summed E-state index contributed by atoms with van der Waals surface area (Å²) < 4.78 is 102. The molecule has 0 aromatic carbocycles. The van der Waals surface area contributed by atoms with Gasteiger partial charge < -0.3 is 29.8 Å². The summed E-state index contributed by atoms with van der Waals surface area (Å²) in [4.78, 5) is 9.30. The standard InChI is InChI=1S/C28H49F5N6O4SSi/c1-18(43-19(2)28(31,32)33)23(38-44(40)26(3,4)5)25-37-24-22(39(25)17-42-12-13-45(7,8)9)11-10-20(36-24)21(14-41-6)35-16-27(29,30)15-34/h10-11,18-19,21,23,35,38H,12-17,34H2,1-9H3/t18-,19-,21-,23+,44-/m1/s1. The van der Waals surface area contributed by atoms with Crippen LogP contribution in [0.2, 0.25) is 25.7 Å². The summed E-state index contributed by atoms with van der Waals surface area (Å²) in [6.07, 6.45) is -7.88. The van der Waals surface area contributed by atoms with Gasteiger partial charge in [0.1, 0.15) is 18.6 Å². The zero-order valence-electron chi connectivity index (χ0n) is 27.6. The lowest BCUT2D eigenvalue weighted by Gasteiger charge is -2.30. The summed E-state index contributed by atoms with van der Waals surface area (Å²) >= 11 is 0. The largest absolute Gasteiger partial charge is 0.414 e. The molecule has 2 rings (SSSR count). The Bertz CT molecular complexity index is 1250. The average molecular weight is 689 g/mol. The van der Waals surface area contributed by atoms with Gasteiger partial charge in [0.2, 0.25) is 0 Å². The molecule has 4 N–H and O–H groups in total. The fourth-order valence-corrected chi connectivity index (χ4v) is 5.67. The molecule has 2 aromatic rings. The van der Waals surface area contributed by atoms with Crippen molar-refractivity contribution < 1.29 is 40.4 Å². The smallest absolute Gasteiger partial charge is 0.383 e. The van der Waals surface area contributed by atoms with Gasteiger partial charge in [0.05, 0.1) is 58.8 Å². The van der Waals surface area contributed by atoms with Gasteiger partial charge in [0.15, 0.2) is 11.8 Å². The van der Waals surface area contributed by atoms with E-state index in [0.29, 0.717) is 17.8 Å². The number of alkyl halides is 5. The number of nitrogens with zero attached hydrogens (tertiary/aromatic N) is 3. The predicted octanol–water partition coefficient (Wildman–Crippen LogP) is 5.06. The molecule has 0 spiro atoms. The van der Waals surface area contributed by atoms with Gasteiger partial charge in [-0.15, -0.1) is 0 Å². The zero-order chi connectivity index (χ0) is 34.4. The van der Waals surface area contributed by atoms with Crippen molar-refractivity contribution in [3.8, 4) is 0 Å². The average Bonchev–Trinajstić information content (AvgIpc) is 3.27. The predicted molar refractivity (Wildman–Crippen MR) is 168 cm³/mol. The van der Waals surface area contributed by atoms with Gasteiger partial charge in [0, 0.05) is 21.8 Å². The molecule has 10 nitrogen and oxygen atoms in total. The lowest BCUT2D eigenvalue weighted by Crippen LogP contribution is -2.43. The SMILES string of the molecule is COC[C@@H](NCC(F)(F)CN)c1ccc2c(n1)nc([C@@H](N[S@](=O)C(C)(C)C)[C@@H](C)O[C@H](C)C(F)(F)F)n2COCC[Si](C)(C)C. The number of pyridine rings is 1. The van der Waals surface area contributed by atoms with E-state index in [2.05, 4.69) is 39.6 Å². The van der Waals surface area contributed by atoms with Crippen LogP contribution >= 0.6 is 0 Å². The summed E-state index contributed by atoms with van der Waals surface area (Å²) in [7, 11) is -1.74. The van der Waals surface area contributed by atoms with Gasteiger partial charge in [-0.1, -0.05) is 19.6 Å².